The van der Waals surface area contributed by atoms with E-state index in [1.807, 2.05) is 0 Å². The van der Waals surface area contributed by atoms with Crippen LogP contribution in [0.3, 0.4) is 0 Å². The quantitative estimate of drug-likeness (QED) is 0.729. The lowest BCUT2D eigenvalue weighted by Gasteiger charge is -2.08. The molecule has 0 atom stereocenters. The smallest absolute Gasteiger partial charge is 0.255 e. The first-order chi connectivity index (χ1) is 11.6. The summed E-state index contributed by atoms with van der Waals surface area (Å²) in [5.74, 6) is 0.377. The summed E-state index contributed by atoms with van der Waals surface area (Å²) in [6, 6.07) is 13.4. The van der Waals surface area contributed by atoms with Gasteiger partial charge in [-0.1, -0.05) is 12.7 Å². The van der Waals surface area contributed by atoms with Crippen LogP contribution >= 0.6 is 0 Å². The average Bonchev–Trinajstić information content (AvgIpc) is 2.59. The predicted molar refractivity (Wildman–Crippen MR) is 91.2 cm³/mol. The Labute approximate surface area is 139 Å². The molecule has 2 amide bonds. The molecule has 0 spiro atoms. The molecule has 6 heteroatoms. The molecular formula is C18H18N2O4. The van der Waals surface area contributed by atoms with Crippen LogP contribution in [0.5, 0.6) is 11.5 Å². The van der Waals surface area contributed by atoms with Gasteiger partial charge in [-0.3, -0.25) is 9.59 Å². The highest BCUT2D eigenvalue weighted by molar-refractivity contribution is 6.04. The van der Waals surface area contributed by atoms with Gasteiger partial charge in [-0.15, -0.1) is 0 Å². The topological polar surface area (TPSA) is 90.7 Å². The predicted octanol–water partition coefficient (Wildman–Crippen LogP) is 2.37. The minimum Gasteiger partial charge on any atom is -0.490 e. The van der Waals surface area contributed by atoms with Gasteiger partial charge in [0.05, 0.1) is 0 Å². The monoisotopic (exact) mass is 326 g/mol. The summed E-state index contributed by atoms with van der Waals surface area (Å²) in [5, 5.41) is 2.77. The van der Waals surface area contributed by atoms with E-state index in [-0.39, 0.29) is 12.5 Å². The SMILES string of the molecule is C=CCOc1ccc(C(=O)Nc2ccc(OCC(N)=O)cc2)cc1. The lowest BCUT2D eigenvalue weighted by atomic mass is 10.2. The van der Waals surface area contributed by atoms with Gasteiger partial charge in [0.2, 0.25) is 0 Å². The summed E-state index contributed by atoms with van der Waals surface area (Å²) in [6.07, 6.45) is 1.65. The zero-order valence-electron chi connectivity index (χ0n) is 13.0. The summed E-state index contributed by atoms with van der Waals surface area (Å²) >= 11 is 0. The Morgan fingerprint density at radius 2 is 1.58 bits per heavy atom. The van der Waals surface area contributed by atoms with Crippen molar-refractivity contribution >= 4 is 17.5 Å². The molecular weight excluding hydrogens is 308 g/mol. The largest absolute Gasteiger partial charge is 0.490 e. The number of hydrogen-bond acceptors (Lipinski definition) is 4. The highest BCUT2D eigenvalue weighted by Gasteiger charge is 2.07. The minimum absolute atomic E-state index is 0.189. The number of amides is 2. The van der Waals surface area contributed by atoms with Gasteiger partial charge in [-0.25, -0.2) is 0 Å². The van der Waals surface area contributed by atoms with Gasteiger partial charge in [0.25, 0.3) is 11.8 Å². The molecule has 0 bridgehead atoms. The van der Waals surface area contributed by atoms with Crippen molar-refractivity contribution in [3.05, 3.63) is 66.7 Å². The number of benzene rings is 2. The minimum atomic E-state index is -0.548. The van der Waals surface area contributed by atoms with Crippen LogP contribution < -0.4 is 20.5 Å². The van der Waals surface area contributed by atoms with E-state index in [0.717, 1.165) is 0 Å². The Morgan fingerprint density at radius 1 is 1.00 bits per heavy atom. The molecule has 0 fully saturated rings. The molecule has 0 heterocycles. The number of nitrogens with one attached hydrogen (secondary N) is 1. The number of ether oxygens (including phenoxy) is 2. The zero-order chi connectivity index (χ0) is 17.4. The fraction of sp³-hybridized carbons (Fsp3) is 0.111. The van der Waals surface area contributed by atoms with Crippen molar-refractivity contribution < 1.29 is 19.1 Å². The maximum atomic E-state index is 12.2. The van der Waals surface area contributed by atoms with Crippen LogP contribution in [0.15, 0.2) is 61.2 Å². The van der Waals surface area contributed by atoms with E-state index in [9.17, 15) is 9.59 Å². The third kappa shape index (κ3) is 5.17. The second kappa shape index (κ2) is 8.38. The molecule has 6 nitrogen and oxygen atoms in total. The van der Waals surface area contributed by atoms with Crippen molar-refractivity contribution in [3.63, 3.8) is 0 Å². The fourth-order valence-corrected chi connectivity index (χ4v) is 1.85. The van der Waals surface area contributed by atoms with E-state index in [1.165, 1.54) is 0 Å². The normalized spacial score (nSPS) is 9.83. The number of anilines is 1. The van der Waals surface area contributed by atoms with Crippen molar-refractivity contribution in [2.75, 3.05) is 18.5 Å². The van der Waals surface area contributed by atoms with Crippen LogP contribution in [0.2, 0.25) is 0 Å². The van der Waals surface area contributed by atoms with Gasteiger partial charge in [-0.05, 0) is 48.5 Å². The summed E-state index contributed by atoms with van der Waals surface area (Å²) in [5.41, 5.74) is 6.12. The van der Waals surface area contributed by atoms with Crippen LogP contribution in [0.4, 0.5) is 5.69 Å². The zero-order valence-corrected chi connectivity index (χ0v) is 13.0. The second-order valence-corrected chi connectivity index (χ2v) is 4.86. The maximum Gasteiger partial charge on any atom is 0.255 e. The van der Waals surface area contributed by atoms with Crippen molar-refractivity contribution in [3.8, 4) is 11.5 Å². The van der Waals surface area contributed by atoms with Gasteiger partial charge in [0, 0.05) is 11.3 Å². The number of rotatable bonds is 8. The molecule has 0 saturated carbocycles. The lowest BCUT2D eigenvalue weighted by Crippen LogP contribution is -2.20. The molecule has 24 heavy (non-hydrogen) atoms. The molecule has 2 rings (SSSR count). The van der Waals surface area contributed by atoms with Crippen LogP contribution in [-0.4, -0.2) is 25.0 Å². The molecule has 2 aromatic rings. The molecule has 124 valence electrons. The van der Waals surface area contributed by atoms with Crippen LogP contribution in [0.25, 0.3) is 0 Å². The van der Waals surface area contributed by atoms with Gasteiger partial charge >= 0.3 is 0 Å². The summed E-state index contributed by atoms with van der Waals surface area (Å²) in [7, 11) is 0. The average molecular weight is 326 g/mol. The second-order valence-electron chi connectivity index (χ2n) is 4.86. The van der Waals surface area contributed by atoms with Crippen molar-refractivity contribution in [2.45, 2.75) is 0 Å². The van der Waals surface area contributed by atoms with E-state index in [4.69, 9.17) is 15.2 Å². The molecule has 0 aliphatic rings. The number of primary amides is 1. The molecule has 2 aromatic carbocycles. The van der Waals surface area contributed by atoms with Crippen LogP contribution in [0.1, 0.15) is 10.4 Å². The summed E-state index contributed by atoms with van der Waals surface area (Å²) in [4.78, 5) is 22.8. The molecule has 0 aliphatic carbocycles. The van der Waals surface area contributed by atoms with Gasteiger partial charge < -0.3 is 20.5 Å². The Morgan fingerprint density at radius 3 is 2.17 bits per heavy atom. The van der Waals surface area contributed by atoms with E-state index in [1.54, 1.807) is 54.6 Å². The lowest BCUT2D eigenvalue weighted by molar-refractivity contribution is -0.119. The Hall–Kier alpha value is -3.28. The summed E-state index contributed by atoms with van der Waals surface area (Å²) < 4.78 is 10.5. The fourth-order valence-electron chi connectivity index (χ4n) is 1.85. The van der Waals surface area contributed by atoms with Gasteiger partial charge in [0.1, 0.15) is 18.1 Å². The standard InChI is InChI=1S/C18H18N2O4/c1-2-11-23-15-7-3-13(4-8-15)18(22)20-14-5-9-16(10-6-14)24-12-17(19)21/h2-10H,1,11-12H2,(H2,19,21)(H,20,22). The van der Waals surface area contributed by atoms with E-state index in [0.29, 0.717) is 29.4 Å². The van der Waals surface area contributed by atoms with Crippen molar-refractivity contribution in [2.24, 2.45) is 5.73 Å². The molecule has 0 unspecified atom stereocenters. The van der Waals surface area contributed by atoms with E-state index < -0.39 is 5.91 Å². The van der Waals surface area contributed by atoms with Crippen LogP contribution in [-0.2, 0) is 4.79 Å². The first-order valence-electron chi connectivity index (χ1n) is 7.25. The van der Waals surface area contributed by atoms with Gasteiger partial charge in [-0.2, -0.15) is 0 Å². The first kappa shape index (κ1) is 17.1. The van der Waals surface area contributed by atoms with Crippen LogP contribution in [0, 0.1) is 0 Å². The Bertz CT molecular complexity index is 709. The first-order valence-corrected chi connectivity index (χ1v) is 7.25. The highest BCUT2D eigenvalue weighted by Crippen LogP contribution is 2.17. The number of nitrogens with two attached hydrogens (primary N) is 1. The Balaban J connectivity index is 1.93. The van der Waals surface area contributed by atoms with E-state index in [2.05, 4.69) is 11.9 Å². The van der Waals surface area contributed by atoms with Gasteiger partial charge in [0.15, 0.2) is 6.61 Å². The molecule has 3 N–H and O–H groups in total. The third-order valence-electron chi connectivity index (χ3n) is 2.98. The maximum absolute atomic E-state index is 12.2. The Kier molecular flexibility index (Phi) is 5.96. The molecule has 0 aliphatic heterocycles. The number of hydrogen-bond donors (Lipinski definition) is 2. The summed E-state index contributed by atoms with van der Waals surface area (Å²) in [6.45, 7) is 3.80. The highest BCUT2D eigenvalue weighted by atomic mass is 16.5. The van der Waals surface area contributed by atoms with E-state index >= 15 is 0 Å². The third-order valence-corrected chi connectivity index (χ3v) is 2.98. The molecule has 0 radical (unpaired) electrons. The molecule has 0 aromatic heterocycles. The van der Waals surface area contributed by atoms with Crippen molar-refractivity contribution in [1.82, 2.24) is 0 Å². The van der Waals surface area contributed by atoms with Crippen molar-refractivity contribution in [1.29, 1.82) is 0 Å². The number of carbonyl (C=O) groups excluding carboxylic acids is 2. The molecule has 0 saturated heterocycles. The number of carbonyl (C=O) groups is 2.